The van der Waals surface area contributed by atoms with Crippen molar-refractivity contribution < 1.29 is 7.72 Å². The zero-order valence-corrected chi connectivity index (χ0v) is 20.1. The third-order valence-corrected chi connectivity index (χ3v) is 105. The Balaban J connectivity index is 1.32. The molecule has 0 bridgehead atoms. The third kappa shape index (κ3) is 0.220. The molecule has 0 radical (unpaired) electrons. The first kappa shape index (κ1) is 13.7. The number of fused-ring (bicyclic) bond motifs is 10. The molecule has 4 unspecified atom stereocenters. The summed E-state index contributed by atoms with van der Waals surface area (Å²) in [6, 6.07) is 0. The molecule has 25 heavy (non-hydrogen) atoms. The molecule has 10 aliphatic heterocycles. The molecule has 1 spiro atoms. The molecule has 0 aromatic heterocycles. The van der Waals surface area contributed by atoms with Gasteiger partial charge in [0.2, 0.25) is 0 Å². The zero-order chi connectivity index (χ0) is 16.7. The summed E-state index contributed by atoms with van der Waals surface area (Å²) >= 11 is 0. The van der Waals surface area contributed by atoms with Crippen LogP contribution in [0.4, 0.5) is 0 Å². The average Bonchev–Trinajstić information content (AvgIpc) is 3.54. The fourth-order valence-corrected chi connectivity index (χ4v) is 202. The van der Waals surface area contributed by atoms with Crippen LogP contribution < -0.4 is 0 Å². The molecule has 10 saturated heterocycles. The summed E-state index contributed by atoms with van der Waals surface area (Å²) in [6.45, 7) is 10.1. The van der Waals surface area contributed by atoms with E-state index < -0.39 is 7.72 Å². The van der Waals surface area contributed by atoms with Gasteiger partial charge in [0, 0.05) is 0 Å². The van der Waals surface area contributed by atoms with E-state index in [0.29, 0.717) is 15.8 Å². The molecule has 0 saturated carbocycles. The second-order valence-electron chi connectivity index (χ2n) is 13.6. The van der Waals surface area contributed by atoms with Gasteiger partial charge in [0.25, 0.3) is 0 Å². The van der Waals surface area contributed by atoms with Crippen LogP contribution in [0.3, 0.4) is 0 Å². The second kappa shape index (κ2) is 1.64. The fourth-order valence-electron chi connectivity index (χ4n) is 20.1. The van der Waals surface area contributed by atoms with Crippen LogP contribution >= 0.6 is 15.8 Å². The summed E-state index contributed by atoms with van der Waals surface area (Å²) < 4.78 is 15.0. The second-order valence-corrected chi connectivity index (χ2v) is 56.9. The Morgan fingerprint density at radius 2 is 0.880 bits per heavy atom. The maximum absolute atomic E-state index is 3.40. The average molecular weight is 464 g/mol. The van der Waals surface area contributed by atoms with Crippen molar-refractivity contribution >= 4 is 15.8 Å². The van der Waals surface area contributed by atoms with Crippen LogP contribution in [-0.2, 0) is 7.72 Å². The van der Waals surface area contributed by atoms with Crippen molar-refractivity contribution in [3.05, 3.63) is 0 Å². The molecule has 10 fully saturated rings. The summed E-state index contributed by atoms with van der Waals surface area (Å²) in [5.74, 6) is 0. The van der Waals surface area contributed by atoms with E-state index in [1.54, 1.807) is 60.7 Å². The molecule has 10 heterocycles. The van der Waals surface area contributed by atoms with E-state index >= 15 is 0 Å². The number of hydrogen-bond donors (Lipinski definition) is 0. The Morgan fingerprint density at radius 3 is 1.08 bits per heavy atom. The van der Waals surface area contributed by atoms with Gasteiger partial charge in [-0.15, -0.1) is 0 Å². The molecule has 0 N–H and O–H groups in total. The van der Waals surface area contributed by atoms with Crippen molar-refractivity contribution in [2.45, 2.75) is 97.0 Å². The normalized spacial score (nSPS) is 88.4. The van der Waals surface area contributed by atoms with Gasteiger partial charge in [-0.05, 0) is 0 Å². The Kier molecular flexibility index (Phi) is 0.897. The molecule has 4 atom stereocenters. The van der Waals surface area contributed by atoms with Crippen molar-refractivity contribution in [3.8, 4) is 0 Å². The summed E-state index contributed by atoms with van der Waals surface area (Å²) in [6.07, 6.45) is 12.9. The van der Waals surface area contributed by atoms with Gasteiger partial charge in [0.05, 0.1) is 0 Å². The third-order valence-electron chi connectivity index (χ3n) is 17.6. The molecule has 0 aromatic carbocycles. The van der Waals surface area contributed by atoms with Gasteiger partial charge < -0.3 is 0 Å². The summed E-state index contributed by atoms with van der Waals surface area (Å²) in [5, 5.41) is 0. The Labute approximate surface area is 144 Å². The fraction of sp³-hybridized carbons (Fsp3) is 1.00. The van der Waals surface area contributed by atoms with E-state index in [9.17, 15) is 0 Å². The van der Waals surface area contributed by atoms with Gasteiger partial charge in [0.1, 0.15) is 0 Å². The van der Waals surface area contributed by atoms with Crippen molar-refractivity contribution in [2.75, 3.05) is 24.6 Å². The minimum atomic E-state index is -3.40. The zero-order valence-electron chi connectivity index (χ0n) is 16.5. The number of hydrogen-bond acceptors (Lipinski definition) is 0. The van der Waals surface area contributed by atoms with Gasteiger partial charge in [-0.1, -0.05) is 0 Å². The van der Waals surface area contributed by atoms with Gasteiger partial charge in [-0.25, -0.2) is 0 Å². The van der Waals surface area contributed by atoms with Gasteiger partial charge >= 0.3 is 145 Å². The predicted molar refractivity (Wildman–Crippen MR) is 110 cm³/mol. The van der Waals surface area contributed by atoms with Crippen LogP contribution in [0.2, 0.25) is 36.1 Å². The van der Waals surface area contributed by atoms with Gasteiger partial charge in [-0.3, -0.25) is 0 Å². The van der Waals surface area contributed by atoms with Crippen LogP contribution in [-0.4, -0.2) is 32.1 Å². The first-order valence-electron chi connectivity index (χ1n) is 11.7. The van der Waals surface area contributed by atoms with Crippen LogP contribution in [0.25, 0.3) is 0 Å². The molecule has 10 rings (SSSR count). The predicted octanol–water partition coefficient (Wildman–Crippen LogP) is 7.79. The first-order valence-corrected chi connectivity index (χ1v) is 24.9. The van der Waals surface area contributed by atoms with Crippen molar-refractivity contribution in [1.29, 1.82) is 0 Å². The molecule has 0 aliphatic carbocycles. The molecular formula is C22H36P2Ru. The molecule has 3 heteroatoms. The van der Waals surface area contributed by atoms with E-state index in [4.69, 9.17) is 0 Å². The van der Waals surface area contributed by atoms with Crippen LogP contribution in [0.1, 0.15) is 53.4 Å². The maximum atomic E-state index is 2.53. The van der Waals surface area contributed by atoms with Crippen molar-refractivity contribution in [2.24, 2.45) is 0 Å². The Bertz CT molecular complexity index is 1020. The first-order chi connectivity index (χ1) is 12.0. The van der Waals surface area contributed by atoms with E-state index in [0.717, 1.165) is 0 Å². The molecule has 0 aromatic rings. The molecule has 10 aliphatic rings. The quantitative estimate of drug-likeness (QED) is 0.229. The standard InChI is InChI=1S/C17H31P2.C5H5.Ru/c1-5-12-18(13-6-2)16-10-9-11-17(16)19(14-7-3)15-8-4;1-2-4-5-3-1;/h9-11H,5-8,12-15H2,1-4H3;1-5H;. The topological polar surface area (TPSA) is 0 Å². The Morgan fingerprint density at radius 1 is 0.560 bits per heavy atom. The van der Waals surface area contributed by atoms with Crippen molar-refractivity contribution in [3.63, 3.8) is 0 Å². The number of rotatable bonds is 10. The molecule has 142 valence electrons. The summed E-state index contributed by atoms with van der Waals surface area (Å²) in [7, 11) is -2.51. The van der Waals surface area contributed by atoms with Crippen LogP contribution in [0, 0.1) is 0 Å². The molecule has 0 nitrogen and oxygen atoms in total. The monoisotopic (exact) mass is 464 g/mol. The van der Waals surface area contributed by atoms with E-state index in [1.807, 2.05) is 0 Å². The Hall–Kier alpha value is 1.48. The molecule has 0 amide bonds. The minimum absolute atomic E-state index is 0.443. The van der Waals surface area contributed by atoms with E-state index in [-0.39, 0.29) is 0 Å². The van der Waals surface area contributed by atoms with Gasteiger partial charge in [-0.2, -0.15) is 0 Å². The SMILES string of the molecule is CCCP(CCC)[C]12[CH]3[CH]4[CH]5[C]1(P(CCC)CCC)[Ru]43521678[CH]2[CH]1[CH]6[CH]7[CH]28. The summed E-state index contributed by atoms with van der Waals surface area (Å²) in [4.78, 5) is 0. The van der Waals surface area contributed by atoms with Crippen LogP contribution in [0.15, 0.2) is 0 Å². The van der Waals surface area contributed by atoms with E-state index in [1.165, 1.54) is 33.2 Å². The van der Waals surface area contributed by atoms with Crippen LogP contribution in [0.5, 0.6) is 0 Å². The van der Waals surface area contributed by atoms with Crippen molar-refractivity contribution in [1.82, 2.24) is 0 Å². The van der Waals surface area contributed by atoms with E-state index in [2.05, 4.69) is 27.7 Å². The summed E-state index contributed by atoms with van der Waals surface area (Å²) in [5.41, 5.74) is 0. The van der Waals surface area contributed by atoms with Gasteiger partial charge in [0.15, 0.2) is 0 Å². The molecular weight excluding hydrogens is 427 g/mol.